The maximum atomic E-state index is 11.2. The summed E-state index contributed by atoms with van der Waals surface area (Å²) >= 11 is 1.69. The van der Waals surface area contributed by atoms with Gasteiger partial charge in [-0.15, -0.1) is 21.5 Å². The molecule has 1 N–H and O–H groups in total. The van der Waals surface area contributed by atoms with Crippen LogP contribution in [0.1, 0.15) is 23.8 Å². The van der Waals surface area contributed by atoms with E-state index in [9.17, 15) is 5.11 Å². The van der Waals surface area contributed by atoms with Crippen LogP contribution in [0.15, 0.2) is 48.5 Å². The van der Waals surface area contributed by atoms with E-state index in [1.165, 1.54) is 10.1 Å². The number of anilines is 2. The molecule has 4 aromatic rings. The zero-order chi connectivity index (χ0) is 22.2. The Labute approximate surface area is 196 Å². The highest BCUT2D eigenvalue weighted by Gasteiger charge is 2.30. The van der Waals surface area contributed by atoms with E-state index in [0.29, 0.717) is 0 Å². The van der Waals surface area contributed by atoms with Crippen LogP contribution in [0.2, 0.25) is 0 Å². The minimum atomic E-state index is -0.473. The lowest BCUT2D eigenvalue weighted by atomic mass is 9.91. The predicted molar refractivity (Wildman–Crippen MR) is 132 cm³/mol. The first-order chi connectivity index (χ1) is 16.3. The van der Waals surface area contributed by atoms with Crippen molar-refractivity contribution in [3.05, 3.63) is 53.4 Å². The molecule has 7 nitrogen and oxygen atoms in total. The third-order valence-electron chi connectivity index (χ3n) is 6.83. The van der Waals surface area contributed by atoms with Gasteiger partial charge in [-0.05, 0) is 53.8 Å². The van der Waals surface area contributed by atoms with Crippen LogP contribution in [0.25, 0.3) is 21.0 Å². The summed E-state index contributed by atoms with van der Waals surface area (Å²) in [6.07, 6.45) is 1.55. The van der Waals surface area contributed by atoms with E-state index < -0.39 is 6.10 Å². The van der Waals surface area contributed by atoms with Crippen LogP contribution in [0.3, 0.4) is 0 Å². The number of ether oxygens (including phenoxy) is 1. The largest absolute Gasteiger partial charge is 0.387 e. The SMILES string of the molecule is OC(c1cc2ccccc2s1)C1CCCN(c2nnnc3cc(N4CCOCC4)ccc23)C1. The van der Waals surface area contributed by atoms with Crippen molar-refractivity contribution in [1.82, 2.24) is 15.4 Å². The molecule has 4 heterocycles. The highest BCUT2D eigenvalue weighted by molar-refractivity contribution is 7.19. The molecule has 170 valence electrons. The fraction of sp³-hybridized carbons (Fsp3) is 0.400. The molecule has 0 aliphatic carbocycles. The summed E-state index contributed by atoms with van der Waals surface area (Å²) in [5.41, 5.74) is 2.00. The molecule has 8 heteroatoms. The normalized spacial score (nSPS) is 20.5. The Bertz CT molecular complexity index is 1240. The van der Waals surface area contributed by atoms with E-state index in [1.807, 2.05) is 6.07 Å². The number of morpholine rings is 1. The molecule has 0 spiro atoms. The quantitative estimate of drug-likeness (QED) is 0.492. The van der Waals surface area contributed by atoms with E-state index >= 15 is 0 Å². The van der Waals surface area contributed by atoms with Crippen LogP contribution >= 0.6 is 11.3 Å². The molecule has 6 rings (SSSR count). The molecule has 0 radical (unpaired) electrons. The van der Waals surface area contributed by atoms with E-state index in [0.717, 1.165) is 79.5 Å². The van der Waals surface area contributed by atoms with Crippen LogP contribution in [0.4, 0.5) is 11.5 Å². The standard InChI is InChI=1S/C25H27N5O2S/c31-24(23-14-17-4-1-2-6-22(17)33-23)18-5-3-9-30(16-18)25-20-8-7-19(15-21(20)26-28-27-25)29-10-12-32-13-11-29/h1-2,4,6-8,14-15,18,24,31H,3,5,9-13,16H2. The molecule has 2 aliphatic heterocycles. The first kappa shape index (κ1) is 20.8. The van der Waals surface area contributed by atoms with E-state index in [4.69, 9.17) is 4.74 Å². The Kier molecular flexibility index (Phi) is 5.57. The fourth-order valence-electron chi connectivity index (χ4n) is 5.05. The number of fused-ring (bicyclic) bond motifs is 2. The van der Waals surface area contributed by atoms with E-state index in [-0.39, 0.29) is 5.92 Å². The van der Waals surface area contributed by atoms with Crippen molar-refractivity contribution in [3.63, 3.8) is 0 Å². The number of aromatic nitrogens is 3. The molecule has 33 heavy (non-hydrogen) atoms. The molecular formula is C25H27N5O2S. The summed E-state index contributed by atoms with van der Waals surface area (Å²) < 4.78 is 6.70. The Hall–Kier alpha value is -2.81. The summed E-state index contributed by atoms with van der Waals surface area (Å²) in [4.78, 5) is 5.64. The number of aliphatic hydroxyl groups excluding tert-OH is 1. The molecule has 2 unspecified atom stereocenters. The summed E-state index contributed by atoms with van der Waals surface area (Å²) in [5, 5.41) is 26.3. The van der Waals surface area contributed by atoms with Gasteiger partial charge in [0.15, 0.2) is 5.82 Å². The van der Waals surface area contributed by atoms with Crippen molar-refractivity contribution in [2.24, 2.45) is 5.92 Å². The van der Waals surface area contributed by atoms with Crippen molar-refractivity contribution in [2.45, 2.75) is 18.9 Å². The maximum Gasteiger partial charge on any atom is 0.162 e. The minimum absolute atomic E-state index is 0.157. The van der Waals surface area contributed by atoms with Gasteiger partial charge < -0.3 is 19.6 Å². The van der Waals surface area contributed by atoms with E-state index in [1.54, 1.807) is 11.3 Å². The van der Waals surface area contributed by atoms with Gasteiger partial charge in [0, 0.05) is 52.7 Å². The van der Waals surface area contributed by atoms with Gasteiger partial charge in [-0.25, -0.2) is 0 Å². The Morgan fingerprint density at radius 2 is 1.88 bits per heavy atom. The topological polar surface area (TPSA) is 74.6 Å². The van der Waals surface area contributed by atoms with Crippen molar-refractivity contribution >= 4 is 43.8 Å². The Balaban J connectivity index is 1.25. The second-order valence-corrected chi connectivity index (χ2v) is 10.0. The van der Waals surface area contributed by atoms with Crippen molar-refractivity contribution in [3.8, 4) is 0 Å². The Morgan fingerprint density at radius 3 is 2.76 bits per heavy atom. The van der Waals surface area contributed by atoms with Crippen LogP contribution in [-0.2, 0) is 4.74 Å². The van der Waals surface area contributed by atoms with Gasteiger partial charge in [0.25, 0.3) is 0 Å². The fourth-order valence-corrected chi connectivity index (χ4v) is 6.20. The molecule has 0 saturated carbocycles. The first-order valence-corrected chi connectivity index (χ1v) is 12.5. The van der Waals surface area contributed by atoms with Crippen molar-refractivity contribution in [2.75, 3.05) is 49.2 Å². The van der Waals surface area contributed by atoms with Crippen LogP contribution in [-0.4, -0.2) is 59.9 Å². The lowest BCUT2D eigenvalue weighted by Gasteiger charge is -2.35. The predicted octanol–water partition coefficient (Wildman–Crippen LogP) is 4.03. The summed E-state index contributed by atoms with van der Waals surface area (Å²) in [6, 6.07) is 16.8. The number of aliphatic hydroxyl groups is 1. The molecule has 2 fully saturated rings. The first-order valence-electron chi connectivity index (χ1n) is 11.6. The van der Waals surface area contributed by atoms with Gasteiger partial charge in [0.1, 0.15) is 5.52 Å². The zero-order valence-electron chi connectivity index (χ0n) is 18.4. The smallest absolute Gasteiger partial charge is 0.162 e. The second kappa shape index (κ2) is 8.85. The highest BCUT2D eigenvalue weighted by atomic mass is 32.1. The van der Waals surface area contributed by atoms with Crippen LogP contribution in [0.5, 0.6) is 0 Å². The number of nitrogens with zero attached hydrogens (tertiary/aromatic N) is 5. The number of piperidine rings is 1. The molecular weight excluding hydrogens is 434 g/mol. The van der Waals surface area contributed by atoms with Gasteiger partial charge in [0.2, 0.25) is 0 Å². The zero-order valence-corrected chi connectivity index (χ0v) is 19.2. The van der Waals surface area contributed by atoms with Gasteiger partial charge in [-0.1, -0.05) is 18.2 Å². The molecule has 2 aliphatic rings. The minimum Gasteiger partial charge on any atom is -0.387 e. The van der Waals surface area contributed by atoms with E-state index in [2.05, 4.69) is 67.7 Å². The second-order valence-electron chi connectivity index (χ2n) is 8.89. The average Bonchev–Trinajstić information content (AvgIpc) is 3.32. The molecule has 2 aromatic carbocycles. The van der Waals surface area contributed by atoms with Gasteiger partial charge in [-0.2, -0.15) is 0 Å². The number of hydrogen-bond donors (Lipinski definition) is 1. The number of thiophene rings is 1. The van der Waals surface area contributed by atoms with Gasteiger partial charge in [-0.3, -0.25) is 0 Å². The molecule has 2 atom stereocenters. The monoisotopic (exact) mass is 461 g/mol. The lowest BCUT2D eigenvalue weighted by molar-refractivity contribution is 0.101. The summed E-state index contributed by atoms with van der Waals surface area (Å²) in [6.45, 7) is 4.95. The molecule has 0 bridgehead atoms. The van der Waals surface area contributed by atoms with Crippen LogP contribution < -0.4 is 9.80 Å². The summed E-state index contributed by atoms with van der Waals surface area (Å²) in [7, 11) is 0. The molecule has 0 amide bonds. The highest BCUT2D eigenvalue weighted by Crippen LogP contribution is 2.38. The van der Waals surface area contributed by atoms with Gasteiger partial charge >= 0.3 is 0 Å². The lowest BCUT2D eigenvalue weighted by Crippen LogP contribution is -2.38. The Morgan fingerprint density at radius 1 is 1.00 bits per heavy atom. The summed E-state index contributed by atoms with van der Waals surface area (Å²) in [5.74, 6) is 1.02. The third kappa shape index (κ3) is 4.03. The number of benzene rings is 2. The maximum absolute atomic E-state index is 11.2. The molecule has 2 saturated heterocycles. The third-order valence-corrected chi connectivity index (χ3v) is 8.02. The van der Waals surface area contributed by atoms with Crippen molar-refractivity contribution in [1.29, 1.82) is 0 Å². The van der Waals surface area contributed by atoms with Crippen LogP contribution in [0, 0.1) is 5.92 Å². The van der Waals surface area contributed by atoms with Gasteiger partial charge in [0.05, 0.1) is 19.3 Å². The van der Waals surface area contributed by atoms with Crippen molar-refractivity contribution < 1.29 is 9.84 Å². The average molecular weight is 462 g/mol. The number of hydrogen-bond acceptors (Lipinski definition) is 8. The molecule has 2 aromatic heterocycles. The number of rotatable bonds is 4.